The summed E-state index contributed by atoms with van der Waals surface area (Å²) in [5.74, 6) is -1.21. The molecule has 1 aromatic carbocycles. The number of pyridine rings is 1. The van der Waals surface area contributed by atoms with Gasteiger partial charge in [0.15, 0.2) is 5.69 Å². The molecule has 1 aliphatic heterocycles. The molecule has 1 fully saturated rings. The summed E-state index contributed by atoms with van der Waals surface area (Å²) >= 11 is 0. The second-order valence-electron chi connectivity index (χ2n) is 9.68. The lowest BCUT2D eigenvalue weighted by atomic mass is 9.78. The van der Waals surface area contributed by atoms with E-state index in [0.717, 1.165) is 24.8 Å². The van der Waals surface area contributed by atoms with Crippen LogP contribution < -0.4 is 4.90 Å². The minimum absolute atomic E-state index is 0.000698. The number of fused-ring (bicyclic) bond motifs is 1. The van der Waals surface area contributed by atoms with E-state index >= 15 is 0 Å². The first-order valence-corrected chi connectivity index (χ1v) is 12.7. The van der Waals surface area contributed by atoms with Crippen molar-refractivity contribution in [1.82, 2.24) is 19.7 Å². The highest BCUT2D eigenvalue weighted by Crippen LogP contribution is 2.38. The molecule has 39 heavy (non-hydrogen) atoms. The van der Waals surface area contributed by atoms with Crippen LogP contribution in [0.15, 0.2) is 42.5 Å². The molecule has 1 aliphatic carbocycles. The zero-order chi connectivity index (χ0) is 27.7. The number of benzene rings is 1. The molecule has 1 atom stereocenters. The fraction of sp³-hybridized carbons (Fsp3) is 0.407. The van der Waals surface area contributed by atoms with E-state index in [1.54, 1.807) is 6.07 Å². The van der Waals surface area contributed by atoms with Gasteiger partial charge in [-0.15, -0.1) is 0 Å². The molecule has 206 valence electrons. The summed E-state index contributed by atoms with van der Waals surface area (Å²) in [6, 6.07) is 12.3. The summed E-state index contributed by atoms with van der Waals surface area (Å²) < 4.78 is 53.0. The Kier molecular flexibility index (Phi) is 7.53. The van der Waals surface area contributed by atoms with Crippen LogP contribution in [0.5, 0.6) is 0 Å². The number of aromatic carboxylic acids is 1. The molecule has 8 nitrogen and oxygen atoms in total. The molecule has 3 heterocycles. The first kappa shape index (κ1) is 26.6. The largest absolute Gasteiger partial charge is 0.477 e. The lowest BCUT2D eigenvalue weighted by molar-refractivity contribution is -0.132. The zero-order valence-electron chi connectivity index (χ0n) is 20.9. The number of nitrogens with zero attached hydrogens (tertiary/aromatic N) is 5. The highest BCUT2D eigenvalue weighted by molar-refractivity contribution is 5.88. The number of aryl methyl sites for hydroxylation is 1. The van der Waals surface area contributed by atoms with E-state index in [1.165, 1.54) is 10.5 Å². The number of anilines is 1. The maximum Gasteiger partial charge on any atom is 0.354 e. The molecule has 2 aromatic heterocycles. The summed E-state index contributed by atoms with van der Waals surface area (Å²) in [6.45, 7) is 0.561. The Labute approximate surface area is 221 Å². The lowest BCUT2D eigenvalue weighted by Crippen LogP contribution is -2.50. The lowest BCUT2D eigenvalue weighted by Gasteiger charge is -2.36. The Morgan fingerprint density at radius 2 is 1.72 bits per heavy atom. The van der Waals surface area contributed by atoms with Crippen molar-refractivity contribution < 1.29 is 32.3 Å². The number of carboxylic acid groups (broad SMARTS) is 1. The van der Waals surface area contributed by atoms with Gasteiger partial charge in [0.1, 0.15) is 23.8 Å². The molecule has 1 N–H and O–H groups in total. The highest BCUT2D eigenvalue weighted by atomic mass is 19.3. The summed E-state index contributed by atoms with van der Waals surface area (Å²) in [6.07, 6.45) is -3.32. The van der Waals surface area contributed by atoms with Gasteiger partial charge in [0.25, 0.3) is 12.9 Å². The van der Waals surface area contributed by atoms with Crippen LogP contribution in [0.4, 0.5) is 23.4 Å². The number of hydrogen-bond donors (Lipinski definition) is 1. The van der Waals surface area contributed by atoms with Crippen LogP contribution in [0.3, 0.4) is 0 Å². The van der Waals surface area contributed by atoms with Crippen molar-refractivity contribution >= 4 is 17.7 Å². The Bertz CT molecular complexity index is 1370. The first-order valence-electron chi connectivity index (χ1n) is 12.7. The van der Waals surface area contributed by atoms with Gasteiger partial charge in [0.05, 0.1) is 0 Å². The molecule has 1 unspecified atom stereocenters. The van der Waals surface area contributed by atoms with Gasteiger partial charge in [-0.1, -0.05) is 30.3 Å². The van der Waals surface area contributed by atoms with Crippen molar-refractivity contribution in [3.63, 3.8) is 0 Å². The van der Waals surface area contributed by atoms with Gasteiger partial charge in [0, 0.05) is 32.1 Å². The van der Waals surface area contributed by atoms with E-state index in [2.05, 4.69) is 16.1 Å². The van der Waals surface area contributed by atoms with E-state index in [9.17, 15) is 32.3 Å². The van der Waals surface area contributed by atoms with E-state index in [4.69, 9.17) is 0 Å². The van der Waals surface area contributed by atoms with Gasteiger partial charge >= 0.3 is 5.97 Å². The molecule has 1 saturated heterocycles. The SMILES string of the molecule is O=C(O)c1nc(N2CCN(C(=O)Cn3nc(C(F)F)cc3C(F)F)CC2)ccc1C1CCCc2ccccc21. The number of carbonyl (C=O) groups excluding carboxylic acids is 1. The number of amides is 1. The van der Waals surface area contributed by atoms with Gasteiger partial charge in [-0.05, 0) is 48.1 Å². The van der Waals surface area contributed by atoms with Gasteiger partial charge in [-0.25, -0.2) is 27.3 Å². The maximum absolute atomic E-state index is 13.3. The zero-order valence-corrected chi connectivity index (χ0v) is 20.9. The Hall–Kier alpha value is -3.96. The van der Waals surface area contributed by atoms with Crippen LogP contribution in [-0.4, -0.2) is 62.8 Å². The molecular weight excluding hydrogens is 518 g/mol. The van der Waals surface area contributed by atoms with Crippen LogP contribution in [0.25, 0.3) is 0 Å². The minimum atomic E-state index is -3.05. The number of hydrogen-bond acceptors (Lipinski definition) is 5. The second kappa shape index (κ2) is 11.0. The van der Waals surface area contributed by atoms with Crippen molar-refractivity contribution in [2.24, 2.45) is 0 Å². The van der Waals surface area contributed by atoms with Crippen molar-refractivity contribution in [2.75, 3.05) is 31.1 Å². The average molecular weight is 546 g/mol. The molecular formula is C27H27F4N5O3. The molecule has 1 amide bonds. The predicted molar refractivity (Wildman–Crippen MR) is 133 cm³/mol. The van der Waals surface area contributed by atoms with Gasteiger partial charge in [-0.2, -0.15) is 5.10 Å². The van der Waals surface area contributed by atoms with Gasteiger partial charge < -0.3 is 14.9 Å². The van der Waals surface area contributed by atoms with Crippen LogP contribution in [0.1, 0.15) is 70.2 Å². The maximum atomic E-state index is 13.3. The van der Waals surface area contributed by atoms with E-state index in [-0.39, 0.29) is 24.7 Å². The number of carbonyl (C=O) groups is 2. The van der Waals surface area contributed by atoms with Crippen LogP contribution in [0, 0.1) is 0 Å². The van der Waals surface area contributed by atoms with Gasteiger partial charge in [-0.3, -0.25) is 9.48 Å². The second-order valence-corrected chi connectivity index (χ2v) is 9.68. The van der Waals surface area contributed by atoms with Gasteiger partial charge in [0.2, 0.25) is 5.91 Å². The molecule has 2 aliphatic rings. The third-order valence-electron chi connectivity index (χ3n) is 7.38. The Morgan fingerprint density at radius 1 is 0.974 bits per heavy atom. The number of aromatic nitrogens is 3. The molecule has 0 saturated carbocycles. The number of carboxylic acids is 1. The van der Waals surface area contributed by atoms with E-state index < -0.39 is 42.7 Å². The molecule has 3 aromatic rings. The molecule has 0 radical (unpaired) electrons. The highest BCUT2D eigenvalue weighted by Gasteiger charge is 2.29. The van der Waals surface area contributed by atoms with E-state index in [1.807, 2.05) is 29.2 Å². The third-order valence-corrected chi connectivity index (χ3v) is 7.38. The summed E-state index contributed by atoms with van der Waals surface area (Å²) in [4.78, 5) is 32.7. The van der Waals surface area contributed by atoms with Crippen LogP contribution >= 0.6 is 0 Å². The van der Waals surface area contributed by atoms with E-state index in [0.29, 0.717) is 35.2 Å². The summed E-state index contributed by atoms with van der Waals surface area (Å²) in [5.41, 5.74) is 1.48. The number of rotatable bonds is 7. The Balaban J connectivity index is 1.28. The van der Waals surface area contributed by atoms with Crippen molar-refractivity contribution in [2.45, 2.75) is 44.6 Å². The molecule has 0 spiro atoms. The van der Waals surface area contributed by atoms with Crippen LogP contribution in [-0.2, 0) is 17.8 Å². The first-order chi connectivity index (χ1) is 18.7. The summed E-state index contributed by atoms with van der Waals surface area (Å²) in [7, 11) is 0. The number of piperazine rings is 1. The molecule has 5 rings (SSSR count). The number of halogens is 4. The fourth-order valence-electron chi connectivity index (χ4n) is 5.44. The summed E-state index contributed by atoms with van der Waals surface area (Å²) in [5, 5.41) is 13.5. The topological polar surface area (TPSA) is 91.6 Å². The third kappa shape index (κ3) is 5.45. The standard InChI is InChI=1S/C27H27F4N5O3/c28-25(29)20-14-21(26(30)31)36(33-20)15-23(37)35-12-10-34(11-13-35)22-9-8-19(24(32-22)27(38)39)18-7-3-5-16-4-1-2-6-17(16)18/h1-2,4,6,8-9,14,18,25-26H,3,5,7,10-13,15H2,(H,38,39). The number of alkyl halides is 4. The van der Waals surface area contributed by atoms with Crippen molar-refractivity contribution in [3.8, 4) is 0 Å². The fourth-order valence-corrected chi connectivity index (χ4v) is 5.44. The minimum Gasteiger partial charge on any atom is -0.477 e. The normalized spacial score (nSPS) is 17.5. The van der Waals surface area contributed by atoms with Crippen molar-refractivity contribution in [3.05, 3.63) is 76.2 Å². The monoisotopic (exact) mass is 545 g/mol. The quantitative estimate of drug-likeness (QED) is 0.434. The predicted octanol–water partition coefficient (Wildman–Crippen LogP) is 4.67. The smallest absolute Gasteiger partial charge is 0.354 e. The van der Waals surface area contributed by atoms with Crippen LogP contribution in [0.2, 0.25) is 0 Å². The van der Waals surface area contributed by atoms with Crippen molar-refractivity contribution in [1.29, 1.82) is 0 Å². The Morgan fingerprint density at radius 3 is 2.41 bits per heavy atom. The molecule has 12 heteroatoms. The average Bonchev–Trinajstić information content (AvgIpc) is 3.37. The molecule has 0 bridgehead atoms.